The van der Waals surface area contributed by atoms with Crippen molar-refractivity contribution in [1.29, 1.82) is 0 Å². The van der Waals surface area contributed by atoms with Gasteiger partial charge >= 0.3 is 0 Å². The predicted octanol–water partition coefficient (Wildman–Crippen LogP) is 0.377. The molecule has 0 atom stereocenters. The minimum atomic E-state index is -0.542. The Morgan fingerprint density at radius 3 is 2.92 bits per heavy atom. The summed E-state index contributed by atoms with van der Waals surface area (Å²) >= 11 is 0. The van der Waals surface area contributed by atoms with Gasteiger partial charge in [-0.05, 0) is 32.1 Å². The smallest absolute Gasteiger partial charge is 0.281 e. The molecule has 136 valence electrons. The molecule has 2 N–H and O–H groups in total. The van der Waals surface area contributed by atoms with Crippen LogP contribution in [-0.2, 0) is 4.79 Å². The van der Waals surface area contributed by atoms with Crippen molar-refractivity contribution in [2.75, 3.05) is 6.54 Å². The second kappa shape index (κ2) is 6.15. The minimum Gasteiger partial charge on any atom is -0.353 e. The largest absolute Gasteiger partial charge is 0.353 e. The zero-order valence-corrected chi connectivity index (χ0v) is 14.5. The molecule has 9 heteroatoms. The van der Waals surface area contributed by atoms with Crippen molar-refractivity contribution in [1.82, 2.24) is 30.2 Å². The summed E-state index contributed by atoms with van der Waals surface area (Å²) in [6.07, 6.45) is 7.02. The molecule has 2 aromatic rings. The fourth-order valence-electron chi connectivity index (χ4n) is 4.20. The molecule has 1 spiro atoms. The fraction of sp³-hybridized carbons (Fsp3) is 0.529. The summed E-state index contributed by atoms with van der Waals surface area (Å²) in [7, 11) is 0. The zero-order valence-electron chi connectivity index (χ0n) is 14.5. The number of carbonyl (C=O) groups is 2. The van der Waals surface area contributed by atoms with Crippen LogP contribution in [0.15, 0.2) is 17.3 Å². The first kappa shape index (κ1) is 16.6. The van der Waals surface area contributed by atoms with Gasteiger partial charge < -0.3 is 15.2 Å². The van der Waals surface area contributed by atoms with E-state index in [0.717, 1.165) is 19.3 Å². The Morgan fingerprint density at radius 1 is 1.35 bits per heavy atom. The summed E-state index contributed by atoms with van der Waals surface area (Å²) in [6.45, 7) is 2.09. The highest BCUT2D eigenvalue weighted by Gasteiger charge is 2.51. The van der Waals surface area contributed by atoms with Crippen molar-refractivity contribution in [3.05, 3.63) is 28.6 Å². The Kier molecular flexibility index (Phi) is 3.93. The molecule has 3 heterocycles. The second-order valence-electron chi connectivity index (χ2n) is 7.12. The van der Waals surface area contributed by atoms with Gasteiger partial charge in [0.25, 0.3) is 11.5 Å². The summed E-state index contributed by atoms with van der Waals surface area (Å²) in [5, 5.41) is 2.91. The van der Waals surface area contributed by atoms with Crippen LogP contribution in [0.3, 0.4) is 0 Å². The van der Waals surface area contributed by atoms with Gasteiger partial charge in [0.1, 0.15) is 11.8 Å². The van der Waals surface area contributed by atoms with Gasteiger partial charge in [-0.25, -0.2) is 15.0 Å². The van der Waals surface area contributed by atoms with Gasteiger partial charge in [-0.15, -0.1) is 0 Å². The van der Waals surface area contributed by atoms with E-state index < -0.39 is 5.56 Å². The lowest BCUT2D eigenvalue weighted by atomic mass is 9.66. The molecule has 1 aliphatic heterocycles. The molecule has 2 amide bonds. The number of H-pyrrole nitrogens is 1. The first-order valence-corrected chi connectivity index (χ1v) is 8.78. The summed E-state index contributed by atoms with van der Waals surface area (Å²) in [5.41, 5.74) is -0.273. The maximum absolute atomic E-state index is 13.1. The van der Waals surface area contributed by atoms with Gasteiger partial charge in [-0.1, -0.05) is 0 Å². The van der Waals surface area contributed by atoms with Crippen LogP contribution < -0.4 is 10.9 Å². The van der Waals surface area contributed by atoms with Crippen LogP contribution in [0.4, 0.5) is 0 Å². The molecule has 0 aromatic carbocycles. The highest BCUT2D eigenvalue weighted by atomic mass is 16.2. The molecule has 2 aliphatic rings. The van der Waals surface area contributed by atoms with Crippen molar-refractivity contribution >= 4 is 23.0 Å². The summed E-state index contributed by atoms with van der Waals surface area (Å²) in [6, 6.07) is 0.0807. The highest BCUT2D eigenvalue weighted by molar-refractivity contribution is 5.94. The number of piperidine rings is 1. The number of carbonyl (C=O) groups excluding carboxylic acids is 2. The number of fused-ring (bicyclic) bond motifs is 1. The van der Waals surface area contributed by atoms with E-state index in [4.69, 9.17) is 0 Å². The fourth-order valence-corrected chi connectivity index (χ4v) is 4.20. The second-order valence-corrected chi connectivity index (χ2v) is 7.12. The first-order valence-electron chi connectivity index (χ1n) is 8.78. The van der Waals surface area contributed by atoms with Gasteiger partial charge in [0.15, 0.2) is 11.3 Å². The number of hydrogen-bond acceptors (Lipinski definition) is 6. The van der Waals surface area contributed by atoms with E-state index in [1.165, 1.54) is 19.4 Å². The Labute approximate surface area is 149 Å². The van der Waals surface area contributed by atoms with Crippen LogP contribution in [0.2, 0.25) is 0 Å². The maximum atomic E-state index is 13.1. The van der Waals surface area contributed by atoms with E-state index in [1.54, 1.807) is 4.90 Å². The highest BCUT2D eigenvalue weighted by Crippen LogP contribution is 2.45. The molecule has 9 nitrogen and oxygen atoms in total. The molecule has 1 saturated heterocycles. The zero-order chi connectivity index (χ0) is 18.3. The average Bonchev–Trinajstić information content (AvgIpc) is 2.59. The molecule has 2 aromatic heterocycles. The van der Waals surface area contributed by atoms with E-state index in [2.05, 4.69) is 25.3 Å². The van der Waals surface area contributed by atoms with Crippen molar-refractivity contribution < 1.29 is 9.59 Å². The molecular weight excluding hydrogens is 336 g/mol. The molecule has 1 saturated carbocycles. The summed E-state index contributed by atoms with van der Waals surface area (Å²) in [5.74, 6) is -0.427. The standard InChI is InChI=1S/C17H20N6O3/c1-10(24)20-11-6-17(7-11)4-2-3-5-23(17)16(26)13-15(25)22-14-12(21-13)8-18-9-19-14/h8-9,11H,2-7H2,1H3,(H,20,24)(H,18,19,22,25). The van der Waals surface area contributed by atoms with E-state index in [0.29, 0.717) is 30.6 Å². The van der Waals surface area contributed by atoms with Crippen LogP contribution in [0.25, 0.3) is 11.2 Å². The van der Waals surface area contributed by atoms with Crippen LogP contribution in [0.1, 0.15) is 49.5 Å². The number of aromatic amines is 1. The molecule has 0 bridgehead atoms. The lowest BCUT2D eigenvalue weighted by Crippen LogP contribution is -2.66. The quantitative estimate of drug-likeness (QED) is 0.802. The van der Waals surface area contributed by atoms with Crippen molar-refractivity contribution in [2.24, 2.45) is 0 Å². The normalized spacial score (nSPS) is 25.1. The van der Waals surface area contributed by atoms with Crippen molar-refractivity contribution in [2.45, 2.75) is 50.6 Å². The topological polar surface area (TPSA) is 121 Å². The van der Waals surface area contributed by atoms with Gasteiger partial charge in [-0.3, -0.25) is 14.4 Å². The van der Waals surface area contributed by atoms with E-state index >= 15 is 0 Å². The van der Waals surface area contributed by atoms with Crippen LogP contribution in [-0.4, -0.2) is 54.8 Å². The van der Waals surface area contributed by atoms with E-state index in [9.17, 15) is 14.4 Å². The molecule has 1 aliphatic carbocycles. The van der Waals surface area contributed by atoms with Crippen molar-refractivity contribution in [3.8, 4) is 0 Å². The Balaban J connectivity index is 1.63. The number of aromatic nitrogens is 4. The average molecular weight is 356 g/mol. The third kappa shape index (κ3) is 2.73. The number of likely N-dealkylation sites (tertiary alicyclic amines) is 1. The lowest BCUT2D eigenvalue weighted by molar-refractivity contribution is -0.121. The number of amides is 2. The molecule has 0 unspecified atom stereocenters. The number of nitrogens with one attached hydrogen (secondary N) is 2. The molecule has 26 heavy (non-hydrogen) atoms. The summed E-state index contributed by atoms with van der Waals surface area (Å²) < 4.78 is 0. The predicted molar refractivity (Wildman–Crippen MR) is 92.4 cm³/mol. The van der Waals surface area contributed by atoms with Crippen LogP contribution >= 0.6 is 0 Å². The lowest BCUT2D eigenvalue weighted by Gasteiger charge is -2.56. The van der Waals surface area contributed by atoms with Crippen molar-refractivity contribution in [3.63, 3.8) is 0 Å². The van der Waals surface area contributed by atoms with E-state index in [1.807, 2.05) is 0 Å². The van der Waals surface area contributed by atoms with Gasteiger partial charge in [0.05, 0.1) is 6.20 Å². The molecular formula is C17H20N6O3. The Hall–Kier alpha value is -2.84. The van der Waals surface area contributed by atoms with E-state index in [-0.39, 0.29) is 29.1 Å². The maximum Gasteiger partial charge on any atom is 0.281 e. The van der Waals surface area contributed by atoms with Gasteiger partial charge in [0, 0.05) is 25.0 Å². The number of nitrogens with zero attached hydrogens (tertiary/aromatic N) is 4. The Morgan fingerprint density at radius 2 is 2.15 bits per heavy atom. The minimum absolute atomic E-state index is 0.0637. The van der Waals surface area contributed by atoms with Gasteiger partial charge in [0.2, 0.25) is 5.91 Å². The van der Waals surface area contributed by atoms with Crippen LogP contribution in [0, 0.1) is 0 Å². The third-order valence-corrected chi connectivity index (χ3v) is 5.33. The summed E-state index contributed by atoms with van der Waals surface area (Å²) in [4.78, 5) is 53.2. The monoisotopic (exact) mass is 356 g/mol. The SMILES string of the molecule is CC(=O)NC1CC2(CCCCN2C(=O)c2nc3cncnc3[nH]c2=O)C1. The molecule has 0 radical (unpaired) electrons. The molecule has 2 fully saturated rings. The van der Waals surface area contributed by atoms with Crippen LogP contribution in [0.5, 0.6) is 0 Å². The van der Waals surface area contributed by atoms with Gasteiger partial charge in [-0.2, -0.15) is 0 Å². The molecule has 4 rings (SSSR count). The Bertz CT molecular complexity index is 933. The first-order chi connectivity index (χ1) is 12.5. The third-order valence-electron chi connectivity index (χ3n) is 5.33. The number of hydrogen-bond donors (Lipinski definition) is 2. The number of rotatable bonds is 2.